The van der Waals surface area contributed by atoms with E-state index in [1.54, 1.807) is 23.8 Å². The maximum Gasteiger partial charge on any atom is 0.260 e. The maximum atomic E-state index is 13.0. The average molecular weight is 364 g/mol. The number of carbonyl (C=O) groups is 2. The molecule has 6 nitrogen and oxygen atoms in total. The Kier molecular flexibility index (Phi) is 5.13. The molecule has 136 valence electrons. The minimum Gasteiger partial charge on any atom is -0.493 e. The van der Waals surface area contributed by atoms with Crippen molar-refractivity contribution >= 4 is 23.6 Å². The van der Waals surface area contributed by atoms with Crippen molar-refractivity contribution in [3.8, 4) is 11.5 Å². The molecule has 0 saturated carbocycles. The van der Waals surface area contributed by atoms with Gasteiger partial charge in [-0.25, -0.2) is 0 Å². The second-order valence-electron chi connectivity index (χ2n) is 6.65. The van der Waals surface area contributed by atoms with Crippen LogP contribution in [0.15, 0.2) is 12.1 Å². The van der Waals surface area contributed by atoms with Crippen LogP contribution in [0.1, 0.15) is 41.6 Å². The molecule has 0 spiro atoms. The molecule has 2 aliphatic rings. The van der Waals surface area contributed by atoms with Crippen molar-refractivity contribution in [1.82, 2.24) is 10.2 Å². The summed E-state index contributed by atoms with van der Waals surface area (Å²) >= 11 is 1.62. The van der Waals surface area contributed by atoms with Crippen molar-refractivity contribution in [2.24, 2.45) is 5.92 Å². The van der Waals surface area contributed by atoms with Gasteiger partial charge >= 0.3 is 0 Å². The zero-order chi connectivity index (χ0) is 18.1. The van der Waals surface area contributed by atoms with Gasteiger partial charge in [-0.15, -0.1) is 11.8 Å². The normalized spacial score (nSPS) is 21.3. The first-order valence-corrected chi connectivity index (χ1v) is 9.51. The Morgan fingerprint density at radius 3 is 2.76 bits per heavy atom. The maximum absolute atomic E-state index is 13.0. The highest BCUT2D eigenvalue weighted by molar-refractivity contribution is 7.99. The fourth-order valence-electron chi connectivity index (χ4n) is 3.30. The quantitative estimate of drug-likeness (QED) is 0.840. The Labute approximate surface area is 152 Å². The van der Waals surface area contributed by atoms with Crippen LogP contribution in [0.2, 0.25) is 0 Å². The molecule has 3 rings (SSSR count). The number of hydrogen-bond donors (Lipinski definition) is 1. The zero-order valence-corrected chi connectivity index (χ0v) is 15.8. The van der Waals surface area contributed by atoms with Crippen LogP contribution in [0.5, 0.6) is 11.5 Å². The molecular weight excluding hydrogens is 340 g/mol. The molecule has 1 saturated heterocycles. The molecular formula is C18H24N2O4S. The molecule has 1 fully saturated rings. The number of nitrogens with zero attached hydrogens (tertiary/aromatic N) is 1. The van der Waals surface area contributed by atoms with E-state index in [2.05, 4.69) is 19.2 Å². The lowest BCUT2D eigenvalue weighted by atomic mass is 10.1. The molecule has 1 aromatic carbocycles. The van der Waals surface area contributed by atoms with Crippen LogP contribution in [0.4, 0.5) is 0 Å². The number of fused-ring (bicyclic) bond motifs is 3. The van der Waals surface area contributed by atoms with Gasteiger partial charge in [-0.05, 0) is 18.4 Å². The number of hydrogen-bond acceptors (Lipinski definition) is 5. The van der Waals surface area contributed by atoms with Gasteiger partial charge in [-0.3, -0.25) is 9.59 Å². The second kappa shape index (κ2) is 7.15. The van der Waals surface area contributed by atoms with E-state index >= 15 is 0 Å². The minimum absolute atomic E-state index is 0.0808. The Morgan fingerprint density at radius 2 is 2.12 bits per heavy atom. The van der Waals surface area contributed by atoms with Gasteiger partial charge < -0.3 is 19.7 Å². The van der Waals surface area contributed by atoms with Crippen LogP contribution in [0, 0.1) is 5.92 Å². The number of carbonyl (C=O) groups excluding carboxylic acids is 2. The van der Waals surface area contributed by atoms with E-state index in [1.165, 1.54) is 7.11 Å². The van der Waals surface area contributed by atoms with Crippen LogP contribution < -0.4 is 14.8 Å². The van der Waals surface area contributed by atoms with Crippen molar-refractivity contribution in [3.63, 3.8) is 0 Å². The van der Waals surface area contributed by atoms with Gasteiger partial charge in [0.2, 0.25) is 5.91 Å². The Hall–Kier alpha value is -1.89. The van der Waals surface area contributed by atoms with Gasteiger partial charge in [-0.1, -0.05) is 19.9 Å². The number of ether oxygens (including phenoxy) is 2. The van der Waals surface area contributed by atoms with Crippen LogP contribution in [0.3, 0.4) is 0 Å². The molecule has 2 aliphatic heterocycles. The number of nitrogens with one attached hydrogen (secondary N) is 1. The van der Waals surface area contributed by atoms with E-state index in [0.29, 0.717) is 35.3 Å². The van der Waals surface area contributed by atoms with Gasteiger partial charge in [0.1, 0.15) is 11.4 Å². The Morgan fingerprint density at radius 1 is 1.36 bits per heavy atom. The van der Waals surface area contributed by atoms with Gasteiger partial charge in [0.05, 0.1) is 19.8 Å². The molecule has 1 N–H and O–H groups in total. The molecule has 0 unspecified atom stereocenters. The fraction of sp³-hybridized carbons (Fsp3) is 0.556. The smallest absolute Gasteiger partial charge is 0.260 e. The third-order valence-electron chi connectivity index (χ3n) is 4.62. The van der Waals surface area contributed by atoms with Crippen LogP contribution in [0.25, 0.3) is 0 Å². The van der Waals surface area contributed by atoms with Crippen LogP contribution in [-0.4, -0.2) is 49.3 Å². The third kappa shape index (κ3) is 3.05. The molecule has 0 radical (unpaired) electrons. The van der Waals surface area contributed by atoms with E-state index in [4.69, 9.17) is 9.47 Å². The molecule has 0 aromatic heterocycles. The summed E-state index contributed by atoms with van der Waals surface area (Å²) in [6, 6.07) is 3.26. The number of amides is 2. The Bertz CT molecular complexity index is 692. The molecule has 1 aromatic rings. The molecule has 2 heterocycles. The zero-order valence-electron chi connectivity index (χ0n) is 15.0. The highest BCUT2D eigenvalue weighted by Crippen LogP contribution is 2.52. The van der Waals surface area contributed by atoms with E-state index < -0.39 is 6.04 Å². The first-order valence-electron chi connectivity index (χ1n) is 8.46. The summed E-state index contributed by atoms with van der Waals surface area (Å²) in [5, 5.41) is 2.83. The van der Waals surface area contributed by atoms with Crippen molar-refractivity contribution in [3.05, 3.63) is 23.3 Å². The topological polar surface area (TPSA) is 67.9 Å². The monoisotopic (exact) mass is 364 g/mol. The SMILES string of the molecule is COc1ccc2c(c1OC)C(=O)N1[C@H](C(=O)NCCC(C)C)CS[C@@H]21. The first-order chi connectivity index (χ1) is 12.0. The first kappa shape index (κ1) is 17.9. The molecule has 0 bridgehead atoms. The van der Waals surface area contributed by atoms with Crippen LogP contribution in [-0.2, 0) is 4.79 Å². The van der Waals surface area contributed by atoms with Crippen LogP contribution >= 0.6 is 11.8 Å². The predicted octanol–water partition coefficient (Wildman–Crippen LogP) is 2.44. The molecule has 0 aliphatic carbocycles. The number of rotatable bonds is 6. The number of benzene rings is 1. The lowest BCUT2D eigenvalue weighted by molar-refractivity contribution is -0.124. The third-order valence-corrected chi connectivity index (χ3v) is 5.92. The summed E-state index contributed by atoms with van der Waals surface area (Å²) in [4.78, 5) is 27.3. The molecule has 7 heteroatoms. The second-order valence-corrected chi connectivity index (χ2v) is 7.77. The highest BCUT2D eigenvalue weighted by atomic mass is 32.2. The van der Waals surface area contributed by atoms with Crippen molar-refractivity contribution < 1.29 is 19.1 Å². The van der Waals surface area contributed by atoms with E-state index in [1.807, 2.05) is 12.1 Å². The summed E-state index contributed by atoms with van der Waals surface area (Å²) in [5.74, 6) is 1.86. The van der Waals surface area contributed by atoms with Crippen molar-refractivity contribution in [2.45, 2.75) is 31.7 Å². The molecule has 2 atom stereocenters. The lowest BCUT2D eigenvalue weighted by Crippen LogP contribution is -2.46. The predicted molar refractivity (Wildman–Crippen MR) is 97.2 cm³/mol. The summed E-state index contributed by atoms with van der Waals surface area (Å²) in [7, 11) is 3.07. The van der Waals surface area contributed by atoms with Gasteiger partial charge in [-0.2, -0.15) is 0 Å². The van der Waals surface area contributed by atoms with Gasteiger partial charge in [0.15, 0.2) is 11.5 Å². The van der Waals surface area contributed by atoms with Crippen molar-refractivity contribution in [2.75, 3.05) is 26.5 Å². The average Bonchev–Trinajstić information content (AvgIpc) is 3.14. The van der Waals surface area contributed by atoms with Gasteiger partial charge in [0.25, 0.3) is 5.91 Å². The summed E-state index contributed by atoms with van der Waals surface area (Å²) in [5.41, 5.74) is 1.41. The fourth-order valence-corrected chi connectivity index (χ4v) is 4.75. The summed E-state index contributed by atoms with van der Waals surface area (Å²) in [6.45, 7) is 4.87. The largest absolute Gasteiger partial charge is 0.493 e. The van der Waals surface area contributed by atoms with Crippen molar-refractivity contribution in [1.29, 1.82) is 0 Å². The lowest BCUT2D eigenvalue weighted by Gasteiger charge is -2.22. The summed E-state index contributed by atoms with van der Waals surface area (Å²) < 4.78 is 10.7. The van der Waals surface area contributed by atoms with Gasteiger partial charge in [0, 0.05) is 17.9 Å². The van der Waals surface area contributed by atoms with E-state index in [9.17, 15) is 9.59 Å². The number of thioether (sulfide) groups is 1. The molecule has 25 heavy (non-hydrogen) atoms. The molecule has 2 amide bonds. The Balaban J connectivity index is 1.83. The standard InChI is InChI=1S/C18H24N2O4S/c1-10(2)7-8-19-16(21)12-9-25-18-11-5-6-13(23-3)15(24-4)14(11)17(22)20(12)18/h5-6,10,12,18H,7-9H2,1-4H3,(H,19,21)/t12-,18-/m0/s1. The summed E-state index contributed by atoms with van der Waals surface area (Å²) in [6.07, 6.45) is 0.925. The number of methoxy groups -OCH3 is 2. The highest BCUT2D eigenvalue weighted by Gasteiger charge is 2.50. The minimum atomic E-state index is -0.447. The van der Waals surface area contributed by atoms with E-state index in [0.717, 1.165) is 12.0 Å². The van der Waals surface area contributed by atoms with E-state index in [-0.39, 0.29) is 17.2 Å².